The van der Waals surface area contributed by atoms with E-state index in [1.165, 1.54) is 6.42 Å². The number of carbonyl (C=O) groups is 2. The minimum atomic E-state index is -0.924. The first-order valence-electron chi connectivity index (χ1n) is 6.89. The average molecular weight is 270 g/mol. The summed E-state index contributed by atoms with van der Waals surface area (Å²) in [4.78, 5) is 23.0. The molecule has 0 spiro atoms. The molecule has 1 aliphatic heterocycles. The first-order valence-corrected chi connectivity index (χ1v) is 6.89. The molecule has 2 aliphatic rings. The van der Waals surface area contributed by atoms with Gasteiger partial charge in [0, 0.05) is 5.54 Å². The molecule has 2 unspecified atom stereocenters. The van der Waals surface area contributed by atoms with E-state index in [1.54, 1.807) is 0 Å². The summed E-state index contributed by atoms with van der Waals surface area (Å²) < 4.78 is 5.12. The van der Waals surface area contributed by atoms with E-state index >= 15 is 0 Å². The number of carbonyl (C=O) groups excluding carboxylic acids is 1. The molecular formula is C13H22N2O4. The van der Waals surface area contributed by atoms with E-state index < -0.39 is 17.9 Å². The first kappa shape index (κ1) is 14.1. The van der Waals surface area contributed by atoms with Crippen molar-refractivity contribution >= 4 is 12.0 Å². The van der Waals surface area contributed by atoms with Crippen molar-refractivity contribution in [2.75, 3.05) is 13.2 Å². The molecule has 2 fully saturated rings. The van der Waals surface area contributed by atoms with Gasteiger partial charge in [-0.05, 0) is 19.8 Å². The van der Waals surface area contributed by atoms with Gasteiger partial charge >= 0.3 is 12.0 Å². The highest BCUT2D eigenvalue weighted by atomic mass is 16.5. The van der Waals surface area contributed by atoms with E-state index in [0.29, 0.717) is 0 Å². The minimum absolute atomic E-state index is 0.164. The Labute approximate surface area is 112 Å². The molecule has 0 radical (unpaired) electrons. The second-order valence-corrected chi connectivity index (χ2v) is 5.81. The standard InChI is InChI=1S/C13H22N2O4/c1-13(5-3-2-4-6-13)15-12(18)14-10-8-19-7-9(10)11(16)17/h9-10H,2-8H2,1H3,(H,16,17)(H2,14,15,18). The molecule has 2 amide bonds. The molecule has 6 heteroatoms. The van der Waals surface area contributed by atoms with Crippen LogP contribution in [0.15, 0.2) is 0 Å². The number of hydrogen-bond donors (Lipinski definition) is 3. The number of nitrogens with one attached hydrogen (secondary N) is 2. The van der Waals surface area contributed by atoms with E-state index in [2.05, 4.69) is 10.6 Å². The van der Waals surface area contributed by atoms with Crippen LogP contribution in [0.1, 0.15) is 39.0 Å². The van der Waals surface area contributed by atoms with Crippen LogP contribution in [0.3, 0.4) is 0 Å². The summed E-state index contributed by atoms with van der Waals surface area (Å²) >= 11 is 0. The van der Waals surface area contributed by atoms with E-state index in [0.717, 1.165) is 25.7 Å². The normalized spacial score (nSPS) is 29.7. The van der Waals surface area contributed by atoms with E-state index in [-0.39, 0.29) is 24.8 Å². The lowest BCUT2D eigenvalue weighted by molar-refractivity contribution is -0.142. The number of carboxylic acids is 1. The molecular weight excluding hydrogens is 248 g/mol. The lowest BCUT2D eigenvalue weighted by atomic mass is 9.83. The van der Waals surface area contributed by atoms with Gasteiger partial charge in [-0.2, -0.15) is 0 Å². The van der Waals surface area contributed by atoms with Crippen LogP contribution in [-0.4, -0.2) is 41.9 Å². The summed E-state index contributed by atoms with van der Waals surface area (Å²) in [6.45, 7) is 2.48. The largest absolute Gasteiger partial charge is 0.481 e. The molecule has 19 heavy (non-hydrogen) atoms. The summed E-state index contributed by atoms with van der Waals surface area (Å²) in [7, 11) is 0. The quantitative estimate of drug-likeness (QED) is 0.717. The fourth-order valence-corrected chi connectivity index (χ4v) is 2.88. The second-order valence-electron chi connectivity index (χ2n) is 5.81. The Morgan fingerprint density at radius 1 is 1.21 bits per heavy atom. The Hall–Kier alpha value is -1.30. The molecule has 0 aromatic rings. The Balaban J connectivity index is 1.85. The van der Waals surface area contributed by atoms with Crippen LogP contribution in [0.4, 0.5) is 4.79 Å². The fraction of sp³-hybridized carbons (Fsp3) is 0.846. The first-order chi connectivity index (χ1) is 9.00. The maximum atomic E-state index is 12.0. The number of hydrogen-bond acceptors (Lipinski definition) is 3. The molecule has 1 aliphatic carbocycles. The molecule has 1 saturated heterocycles. The zero-order valence-corrected chi connectivity index (χ0v) is 11.3. The van der Waals surface area contributed by atoms with Gasteiger partial charge in [-0.25, -0.2) is 4.79 Å². The zero-order valence-electron chi connectivity index (χ0n) is 11.3. The van der Waals surface area contributed by atoms with Crippen molar-refractivity contribution in [1.82, 2.24) is 10.6 Å². The van der Waals surface area contributed by atoms with Crippen LogP contribution in [-0.2, 0) is 9.53 Å². The Bertz CT molecular complexity index is 353. The van der Waals surface area contributed by atoms with Gasteiger partial charge in [0.2, 0.25) is 0 Å². The minimum Gasteiger partial charge on any atom is -0.481 e. The number of rotatable bonds is 3. The molecule has 1 saturated carbocycles. The van der Waals surface area contributed by atoms with Crippen molar-refractivity contribution in [3.8, 4) is 0 Å². The van der Waals surface area contributed by atoms with Crippen LogP contribution in [0, 0.1) is 5.92 Å². The van der Waals surface area contributed by atoms with Gasteiger partial charge in [-0.3, -0.25) is 4.79 Å². The van der Waals surface area contributed by atoms with Crippen LogP contribution < -0.4 is 10.6 Å². The summed E-state index contributed by atoms with van der Waals surface area (Å²) in [5, 5.41) is 14.7. The topological polar surface area (TPSA) is 87.7 Å². The summed E-state index contributed by atoms with van der Waals surface area (Å²) in [5.74, 6) is -1.57. The lowest BCUT2D eigenvalue weighted by Gasteiger charge is -2.35. The molecule has 2 atom stereocenters. The van der Waals surface area contributed by atoms with Crippen molar-refractivity contribution in [3.63, 3.8) is 0 Å². The highest BCUT2D eigenvalue weighted by Crippen LogP contribution is 2.27. The van der Waals surface area contributed by atoms with E-state index in [1.807, 2.05) is 6.92 Å². The van der Waals surface area contributed by atoms with Crippen molar-refractivity contribution in [2.45, 2.75) is 50.6 Å². The molecule has 108 valence electrons. The number of carboxylic acid groups (broad SMARTS) is 1. The van der Waals surface area contributed by atoms with Gasteiger partial charge in [-0.15, -0.1) is 0 Å². The third-order valence-electron chi connectivity index (χ3n) is 4.09. The maximum Gasteiger partial charge on any atom is 0.315 e. The van der Waals surface area contributed by atoms with Gasteiger partial charge in [-0.1, -0.05) is 19.3 Å². The van der Waals surface area contributed by atoms with Gasteiger partial charge in [0.25, 0.3) is 0 Å². The predicted octanol–water partition coefficient (Wildman–Crippen LogP) is 1.11. The Kier molecular flexibility index (Phi) is 4.29. The second kappa shape index (κ2) is 5.77. The molecule has 2 rings (SSSR count). The average Bonchev–Trinajstić information content (AvgIpc) is 2.77. The van der Waals surface area contributed by atoms with Crippen molar-refractivity contribution < 1.29 is 19.4 Å². The SMILES string of the molecule is CC1(NC(=O)NC2COCC2C(=O)O)CCCCC1. The van der Waals surface area contributed by atoms with Crippen LogP contribution in [0.25, 0.3) is 0 Å². The number of amides is 2. The summed E-state index contributed by atoms with van der Waals surface area (Å²) in [6, 6.07) is -0.726. The van der Waals surface area contributed by atoms with Gasteiger partial charge in [0.1, 0.15) is 5.92 Å². The van der Waals surface area contributed by atoms with Crippen LogP contribution in [0.5, 0.6) is 0 Å². The molecule has 1 heterocycles. The van der Waals surface area contributed by atoms with Crippen molar-refractivity contribution in [1.29, 1.82) is 0 Å². The van der Waals surface area contributed by atoms with Gasteiger partial charge in [0.15, 0.2) is 0 Å². The molecule has 0 aromatic heterocycles. The Morgan fingerprint density at radius 2 is 1.89 bits per heavy atom. The predicted molar refractivity (Wildman–Crippen MR) is 68.9 cm³/mol. The lowest BCUT2D eigenvalue weighted by Crippen LogP contribution is -2.55. The van der Waals surface area contributed by atoms with Gasteiger partial charge < -0.3 is 20.5 Å². The third kappa shape index (κ3) is 3.59. The molecule has 0 aromatic carbocycles. The summed E-state index contributed by atoms with van der Waals surface area (Å²) in [5.41, 5.74) is -0.166. The van der Waals surface area contributed by atoms with Crippen LogP contribution >= 0.6 is 0 Å². The molecule has 0 bridgehead atoms. The van der Waals surface area contributed by atoms with Crippen molar-refractivity contribution in [3.05, 3.63) is 0 Å². The zero-order chi connectivity index (χ0) is 13.9. The molecule has 3 N–H and O–H groups in total. The third-order valence-corrected chi connectivity index (χ3v) is 4.09. The van der Waals surface area contributed by atoms with Crippen molar-refractivity contribution in [2.24, 2.45) is 5.92 Å². The molecule has 6 nitrogen and oxygen atoms in total. The van der Waals surface area contributed by atoms with E-state index in [9.17, 15) is 9.59 Å². The fourth-order valence-electron chi connectivity index (χ4n) is 2.88. The van der Waals surface area contributed by atoms with Crippen LogP contribution in [0.2, 0.25) is 0 Å². The van der Waals surface area contributed by atoms with E-state index in [4.69, 9.17) is 9.84 Å². The number of aliphatic carboxylic acids is 1. The highest BCUT2D eigenvalue weighted by Gasteiger charge is 2.36. The Morgan fingerprint density at radius 3 is 2.53 bits per heavy atom. The highest BCUT2D eigenvalue weighted by molar-refractivity contribution is 5.77. The van der Waals surface area contributed by atoms with Gasteiger partial charge in [0.05, 0.1) is 19.3 Å². The summed E-state index contributed by atoms with van der Waals surface area (Å²) in [6.07, 6.45) is 5.42. The number of urea groups is 1. The monoisotopic (exact) mass is 270 g/mol. The number of ether oxygens (including phenoxy) is 1. The smallest absolute Gasteiger partial charge is 0.315 e. The maximum absolute atomic E-state index is 12.0.